The van der Waals surface area contributed by atoms with Gasteiger partial charge in [0.2, 0.25) is 0 Å². The van der Waals surface area contributed by atoms with Crippen molar-refractivity contribution in [2.75, 3.05) is 25.0 Å². The Bertz CT molecular complexity index is 1910. The van der Waals surface area contributed by atoms with Gasteiger partial charge in [-0.05, 0) is 72.0 Å². The molecule has 0 bridgehead atoms. The number of nitrogens with zero attached hydrogens (tertiary/aromatic N) is 1. The zero-order chi connectivity index (χ0) is 35.0. The van der Waals surface area contributed by atoms with E-state index in [1.54, 1.807) is 30.3 Å². The first-order valence-corrected chi connectivity index (χ1v) is 17.0. The number of likely N-dealkylation sites (tertiary alicyclic amines) is 1. The van der Waals surface area contributed by atoms with E-state index in [-0.39, 0.29) is 41.4 Å². The first-order chi connectivity index (χ1) is 24.1. The molecular weight excluding hydrogens is 660 g/mol. The number of cyclic esters (lactones) is 2. The highest BCUT2D eigenvalue weighted by Gasteiger charge is 2.41. The molecule has 3 aliphatic heterocycles. The number of aliphatic hydroxyl groups is 2. The summed E-state index contributed by atoms with van der Waals surface area (Å²) in [6.45, 7) is 4.05. The van der Waals surface area contributed by atoms with Crippen molar-refractivity contribution < 1.29 is 38.8 Å². The molecule has 3 N–H and O–H groups in total. The van der Waals surface area contributed by atoms with Crippen molar-refractivity contribution in [3.63, 3.8) is 0 Å². The average Bonchev–Trinajstić information content (AvgIpc) is 3.42. The molecule has 0 spiro atoms. The highest BCUT2D eigenvalue weighted by Crippen LogP contribution is 2.43. The van der Waals surface area contributed by atoms with Crippen molar-refractivity contribution >= 4 is 35.1 Å². The molecule has 11 heteroatoms. The van der Waals surface area contributed by atoms with Crippen molar-refractivity contribution in [2.45, 2.75) is 50.5 Å². The lowest BCUT2D eigenvalue weighted by Gasteiger charge is -2.45. The maximum Gasteiger partial charge on any atom is 0.346 e. The van der Waals surface area contributed by atoms with Gasteiger partial charge in [-0.15, -0.1) is 0 Å². The first-order valence-electron chi connectivity index (χ1n) is 16.6. The predicted molar refractivity (Wildman–Crippen MR) is 185 cm³/mol. The number of fused-ring (bicyclic) bond motifs is 1. The van der Waals surface area contributed by atoms with E-state index < -0.39 is 29.7 Å². The standard InChI is InChI=1S/C39H37ClN2O8/c1-23-33(21-42-17-15-39(47,16-18-42)28-10-12-29(40)13-11-28)48-38(49-34(23)25-7-5-24(22-43)6-8-25)27-3-2-4-30(19-27)41-35(44)26-9-14-31-32(20-26)37(46)50-36(31)45/h2-14,19-20,23,33-34,38,43,47H,15-18,21-22H2,1H3,(H,41,44). The lowest BCUT2D eigenvalue weighted by atomic mass is 9.84. The van der Waals surface area contributed by atoms with Gasteiger partial charge in [0.25, 0.3) is 5.91 Å². The highest BCUT2D eigenvalue weighted by molar-refractivity contribution is 6.30. The third-order valence-electron chi connectivity index (χ3n) is 9.95. The molecule has 0 aliphatic carbocycles. The second-order valence-corrected chi connectivity index (χ2v) is 13.6. The Balaban J connectivity index is 1.09. The molecule has 10 nitrogen and oxygen atoms in total. The number of amides is 1. The molecule has 0 aromatic heterocycles. The Morgan fingerprint density at radius 1 is 0.900 bits per heavy atom. The monoisotopic (exact) mass is 696 g/mol. The molecule has 2 saturated heterocycles. The fraction of sp³-hybridized carbons (Fsp3) is 0.308. The van der Waals surface area contributed by atoms with Crippen molar-refractivity contribution in [2.24, 2.45) is 5.92 Å². The zero-order valence-corrected chi connectivity index (χ0v) is 28.1. The van der Waals surface area contributed by atoms with Crippen molar-refractivity contribution in [3.8, 4) is 0 Å². The molecule has 0 radical (unpaired) electrons. The summed E-state index contributed by atoms with van der Waals surface area (Å²) >= 11 is 6.08. The fourth-order valence-corrected chi connectivity index (χ4v) is 7.06. The topological polar surface area (TPSA) is 135 Å². The number of esters is 2. The van der Waals surface area contributed by atoms with E-state index in [9.17, 15) is 24.6 Å². The van der Waals surface area contributed by atoms with E-state index in [1.807, 2.05) is 42.5 Å². The zero-order valence-electron chi connectivity index (χ0n) is 27.4. The van der Waals surface area contributed by atoms with Crippen molar-refractivity contribution in [3.05, 3.63) is 135 Å². The van der Waals surface area contributed by atoms with E-state index in [0.717, 1.165) is 16.7 Å². The largest absolute Gasteiger partial charge is 0.392 e. The predicted octanol–water partition coefficient (Wildman–Crippen LogP) is 6.17. The van der Waals surface area contributed by atoms with E-state index in [1.165, 1.54) is 18.2 Å². The first kappa shape index (κ1) is 34.0. The number of piperidine rings is 1. The van der Waals surface area contributed by atoms with Crippen LogP contribution in [0.3, 0.4) is 0 Å². The molecule has 258 valence electrons. The molecule has 4 aromatic rings. The summed E-state index contributed by atoms with van der Waals surface area (Å²) in [7, 11) is 0. The average molecular weight is 697 g/mol. The number of ether oxygens (including phenoxy) is 3. The number of benzene rings is 4. The van der Waals surface area contributed by atoms with Gasteiger partial charge in [0.1, 0.15) is 0 Å². The van der Waals surface area contributed by atoms with Gasteiger partial charge in [-0.1, -0.05) is 67.1 Å². The minimum atomic E-state index is -0.922. The third-order valence-corrected chi connectivity index (χ3v) is 10.2. The number of hydrogen-bond acceptors (Lipinski definition) is 9. The fourth-order valence-electron chi connectivity index (χ4n) is 6.93. The van der Waals surface area contributed by atoms with E-state index >= 15 is 0 Å². The Kier molecular flexibility index (Phi) is 9.58. The van der Waals surface area contributed by atoms with Crippen LogP contribution < -0.4 is 5.32 Å². The van der Waals surface area contributed by atoms with Crippen LogP contribution in [0.2, 0.25) is 5.02 Å². The Morgan fingerprint density at radius 2 is 1.62 bits per heavy atom. The van der Waals surface area contributed by atoms with Gasteiger partial charge in [-0.25, -0.2) is 9.59 Å². The minimum absolute atomic E-state index is 0.0374. The summed E-state index contributed by atoms with van der Waals surface area (Å²) < 4.78 is 18.0. The number of rotatable bonds is 8. The Labute approximate surface area is 294 Å². The van der Waals surface area contributed by atoms with Gasteiger partial charge in [0, 0.05) is 47.4 Å². The Morgan fingerprint density at radius 3 is 2.34 bits per heavy atom. The molecule has 3 heterocycles. The van der Waals surface area contributed by atoms with Crippen LogP contribution >= 0.6 is 11.6 Å². The molecule has 4 aromatic carbocycles. The number of carbonyl (C=O) groups is 3. The summed E-state index contributed by atoms with van der Waals surface area (Å²) in [5.74, 6) is -2.00. The van der Waals surface area contributed by atoms with Crippen LogP contribution in [0, 0.1) is 5.92 Å². The van der Waals surface area contributed by atoms with E-state index in [2.05, 4.69) is 21.9 Å². The summed E-state index contributed by atoms with van der Waals surface area (Å²) in [6.07, 6.45) is -0.164. The van der Waals surface area contributed by atoms with Crippen LogP contribution in [0.25, 0.3) is 0 Å². The molecule has 2 fully saturated rings. The molecule has 4 unspecified atom stereocenters. The van der Waals surface area contributed by atoms with Crippen LogP contribution in [0.5, 0.6) is 0 Å². The second kappa shape index (κ2) is 14.1. The number of anilines is 1. The molecule has 7 rings (SSSR count). The van der Waals surface area contributed by atoms with E-state index in [4.69, 9.17) is 21.1 Å². The van der Waals surface area contributed by atoms with Gasteiger partial charge in [-0.3, -0.25) is 4.79 Å². The van der Waals surface area contributed by atoms with E-state index in [0.29, 0.717) is 48.7 Å². The molecule has 1 amide bonds. The summed E-state index contributed by atoms with van der Waals surface area (Å²) in [5, 5.41) is 24.6. The summed E-state index contributed by atoms with van der Waals surface area (Å²) in [4.78, 5) is 39.4. The normalized spacial score (nSPS) is 23.3. The van der Waals surface area contributed by atoms with Crippen LogP contribution in [-0.2, 0) is 26.4 Å². The van der Waals surface area contributed by atoms with Crippen LogP contribution in [-0.4, -0.2) is 58.7 Å². The number of hydrogen-bond donors (Lipinski definition) is 3. The second-order valence-electron chi connectivity index (χ2n) is 13.2. The van der Waals surface area contributed by atoms with Crippen molar-refractivity contribution in [1.82, 2.24) is 4.90 Å². The summed E-state index contributed by atoms with van der Waals surface area (Å²) in [5.41, 5.74) is 3.30. The highest BCUT2D eigenvalue weighted by atomic mass is 35.5. The van der Waals surface area contributed by atoms with Crippen LogP contribution in [0.4, 0.5) is 5.69 Å². The van der Waals surface area contributed by atoms with Gasteiger partial charge in [0.15, 0.2) is 6.29 Å². The minimum Gasteiger partial charge on any atom is -0.392 e. The number of aliphatic hydroxyl groups excluding tert-OH is 1. The SMILES string of the molecule is CC1C(CN2CCC(O)(c3ccc(Cl)cc3)CC2)OC(c2cccc(NC(=O)c3ccc4c(c3)C(=O)OC4=O)c2)OC1c1ccc(CO)cc1. The van der Waals surface area contributed by atoms with Gasteiger partial charge >= 0.3 is 11.9 Å². The number of carbonyl (C=O) groups excluding carboxylic acids is 3. The maximum absolute atomic E-state index is 13.2. The molecule has 4 atom stereocenters. The quantitative estimate of drug-likeness (QED) is 0.146. The number of halogens is 1. The molecular formula is C39H37ClN2O8. The molecule has 0 saturated carbocycles. The maximum atomic E-state index is 13.2. The van der Waals surface area contributed by atoms with Gasteiger partial charge in [-0.2, -0.15) is 0 Å². The van der Waals surface area contributed by atoms with Crippen LogP contribution in [0.1, 0.15) is 85.5 Å². The molecule has 3 aliphatic rings. The lowest BCUT2D eigenvalue weighted by Crippen LogP contribution is -2.49. The Hall–Kier alpha value is -4.42. The summed E-state index contributed by atoms with van der Waals surface area (Å²) in [6, 6.07) is 26.6. The smallest absolute Gasteiger partial charge is 0.346 e. The number of nitrogens with one attached hydrogen (secondary N) is 1. The lowest BCUT2D eigenvalue weighted by molar-refractivity contribution is -0.277. The van der Waals surface area contributed by atoms with Gasteiger partial charge < -0.3 is 34.6 Å². The van der Waals surface area contributed by atoms with Crippen molar-refractivity contribution in [1.29, 1.82) is 0 Å². The van der Waals surface area contributed by atoms with Gasteiger partial charge in [0.05, 0.1) is 35.5 Å². The molecule has 50 heavy (non-hydrogen) atoms. The van der Waals surface area contributed by atoms with Crippen LogP contribution in [0.15, 0.2) is 91.0 Å². The third kappa shape index (κ3) is 6.96.